The number of fused-ring (bicyclic) bond motifs is 1. The molecule has 0 aliphatic rings. The molecule has 1 aromatic carbocycles. The minimum absolute atomic E-state index is 0.318. The summed E-state index contributed by atoms with van der Waals surface area (Å²) in [6, 6.07) is 7.61. The van der Waals surface area contributed by atoms with E-state index in [1.54, 1.807) is 6.92 Å². The summed E-state index contributed by atoms with van der Waals surface area (Å²) in [7, 11) is 0. The van der Waals surface area contributed by atoms with Crippen molar-refractivity contribution in [2.24, 2.45) is 0 Å². The highest BCUT2D eigenvalue weighted by Crippen LogP contribution is 2.33. The van der Waals surface area contributed by atoms with Gasteiger partial charge < -0.3 is 10.1 Å². The number of thiophene rings is 1. The molecule has 0 saturated heterocycles. The van der Waals surface area contributed by atoms with Gasteiger partial charge in [0.1, 0.15) is 21.9 Å². The van der Waals surface area contributed by atoms with E-state index in [2.05, 4.69) is 15.3 Å². The Balaban J connectivity index is 1.90. The van der Waals surface area contributed by atoms with Crippen molar-refractivity contribution in [1.29, 1.82) is 0 Å². The highest BCUT2D eigenvalue weighted by molar-refractivity contribution is 7.20. The second-order valence-corrected chi connectivity index (χ2v) is 6.59. The molecule has 0 spiro atoms. The Morgan fingerprint density at radius 3 is 2.75 bits per heavy atom. The van der Waals surface area contributed by atoms with Crippen LogP contribution in [0.15, 0.2) is 30.6 Å². The molecule has 1 N–H and O–H groups in total. The Kier molecular flexibility index (Phi) is 4.97. The maximum Gasteiger partial charge on any atom is 0.348 e. The Hall–Kier alpha value is -2.18. The molecule has 0 amide bonds. The standard InChI is InChI=1S/C17H16ClN3O2S/c1-3-23-17(22)14-10(2)13-15(20-9-21-16(13)24-14)19-8-11-4-6-12(18)7-5-11/h4-7,9H,3,8H2,1-2H3,(H,19,20,21). The molecule has 0 aliphatic carbocycles. The molecule has 24 heavy (non-hydrogen) atoms. The molecule has 2 aromatic heterocycles. The van der Waals surface area contributed by atoms with Gasteiger partial charge in [0.15, 0.2) is 0 Å². The van der Waals surface area contributed by atoms with Crippen molar-refractivity contribution >= 4 is 44.9 Å². The second kappa shape index (κ2) is 7.15. The van der Waals surface area contributed by atoms with Gasteiger partial charge in [-0.15, -0.1) is 11.3 Å². The normalized spacial score (nSPS) is 10.8. The van der Waals surface area contributed by atoms with Crippen LogP contribution >= 0.6 is 22.9 Å². The fourth-order valence-electron chi connectivity index (χ4n) is 2.39. The average molecular weight is 362 g/mol. The molecule has 0 fully saturated rings. The number of benzene rings is 1. The lowest BCUT2D eigenvalue weighted by atomic mass is 10.2. The summed E-state index contributed by atoms with van der Waals surface area (Å²) in [6.45, 7) is 4.63. The molecular formula is C17H16ClN3O2S. The Labute approximate surface area is 148 Å². The molecule has 124 valence electrons. The lowest BCUT2D eigenvalue weighted by Gasteiger charge is -2.07. The minimum atomic E-state index is -0.318. The second-order valence-electron chi connectivity index (χ2n) is 5.16. The number of ether oxygens (including phenoxy) is 1. The molecule has 7 heteroatoms. The van der Waals surface area contributed by atoms with E-state index >= 15 is 0 Å². The number of hydrogen-bond donors (Lipinski definition) is 1. The third kappa shape index (κ3) is 3.34. The van der Waals surface area contributed by atoms with Crippen molar-refractivity contribution < 1.29 is 9.53 Å². The smallest absolute Gasteiger partial charge is 0.348 e. The number of rotatable bonds is 5. The monoisotopic (exact) mass is 361 g/mol. The molecular weight excluding hydrogens is 346 g/mol. The highest BCUT2D eigenvalue weighted by Gasteiger charge is 2.20. The number of aryl methyl sites for hydroxylation is 1. The zero-order chi connectivity index (χ0) is 17.1. The number of anilines is 1. The predicted octanol–water partition coefficient (Wildman–Crippen LogP) is 4.44. The van der Waals surface area contributed by atoms with E-state index in [1.807, 2.05) is 31.2 Å². The number of nitrogens with one attached hydrogen (secondary N) is 1. The van der Waals surface area contributed by atoms with Gasteiger partial charge in [-0.25, -0.2) is 14.8 Å². The summed E-state index contributed by atoms with van der Waals surface area (Å²) >= 11 is 7.23. The molecule has 3 aromatic rings. The molecule has 0 radical (unpaired) electrons. The quantitative estimate of drug-likeness (QED) is 0.680. The first-order chi connectivity index (χ1) is 11.6. The number of nitrogens with zero attached hydrogens (tertiary/aromatic N) is 2. The van der Waals surface area contributed by atoms with Gasteiger partial charge in [0.05, 0.1) is 12.0 Å². The van der Waals surface area contributed by atoms with Crippen LogP contribution < -0.4 is 5.32 Å². The summed E-state index contributed by atoms with van der Waals surface area (Å²) in [5.74, 6) is 0.390. The zero-order valence-corrected chi connectivity index (χ0v) is 14.9. The number of esters is 1. The molecule has 0 aliphatic heterocycles. The first-order valence-corrected chi connectivity index (χ1v) is 8.69. The number of hydrogen-bond acceptors (Lipinski definition) is 6. The lowest BCUT2D eigenvalue weighted by molar-refractivity contribution is 0.0531. The van der Waals surface area contributed by atoms with E-state index in [4.69, 9.17) is 16.3 Å². The maximum atomic E-state index is 12.1. The number of carbonyl (C=O) groups excluding carboxylic acids is 1. The van der Waals surface area contributed by atoms with Crippen LogP contribution in [0.5, 0.6) is 0 Å². The fraction of sp³-hybridized carbons (Fsp3) is 0.235. The van der Waals surface area contributed by atoms with Crippen molar-refractivity contribution in [3.63, 3.8) is 0 Å². The largest absolute Gasteiger partial charge is 0.462 e. The average Bonchev–Trinajstić information content (AvgIpc) is 2.92. The number of aromatic nitrogens is 2. The SMILES string of the molecule is CCOC(=O)c1sc2ncnc(NCc3ccc(Cl)cc3)c2c1C. The number of carbonyl (C=O) groups is 1. The first kappa shape index (κ1) is 16.7. The van der Waals surface area contributed by atoms with Crippen LogP contribution in [-0.2, 0) is 11.3 Å². The van der Waals surface area contributed by atoms with E-state index < -0.39 is 0 Å². The zero-order valence-electron chi connectivity index (χ0n) is 13.3. The van der Waals surface area contributed by atoms with Crippen LogP contribution in [0.4, 0.5) is 5.82 Å². The van der Waals surface area contributed by atoms with Crippen molar-refractivity contribution in [1.82, 2.24) is 9.97 Å². The summed E-state index contributed by atoms with van der Waals surface area (Å²) in [4.78, 5) is 22.0. The molecule has 5 nitrogen and oxygen atoms in total. The van der Waals surface area contributed by atoms with Crippen LogP contribution in [0.2, 0.25) is 5.02 Å². The van der Waals surface area contributed by atoms with Gasteiger partial charge in [0.2, 0.25) is 0 Å². The summed E-state index contributed by atoms with van der Waals surface area (Å²) < 4.78 is 5.11. The van der Waals surface area contributed by atoms with E-state index in [0.29, 0.717) is 28.9 Å². The molecule has 0 saturated carbocycles. The van der Waals surface area contributed by atoms with Crippen LogP contribution in [0.25, 0.3) is 10.2 Å². The van der Waals surface area contributed by atoms with E-state index in [1.165, 1.54) is 17.7 Å². The van der Waals surface area contributed by atoms with E-state index in [-0.39, 0.29) is 5.97 Å². The predicted molar refractivity (Wildman–Crippen MR) is 96.9 cm³/mol. The molecule has 3 rings (SSSR count). The molecule has 2 heterocycles. The Morgan fingerprint density at radius 2 is 2.04 bits per heavy atom. The maximum absolute atomic E-state index is 12.1. The lowest BCUT2D eigenvalue weighted by Crippen LogP contribution is -2.04. The van der Waals surface area contributed by atoms with Crippen LogP contribution in [0.3, 0.4) is 0 Å². The summed E-state index contributed by atoms with van der Waals surface area (Å²) in [5.41, 5.74) is 1.93. The third-order valence-corrected chi connectivity index (χ3v) is 4.99. The third-order valence-electron chi connectivity index (χ3n) is 3.56. The fourth-order valence-corrected chi connectivity index (χ4v) is 3.55. The van der Waals surface area contributed by atoms with Gasteiger partial charge in [-0.05, 0) is 37.1 Å². The first-order valence-electron chi connectivity index (χ1n) is 7.49. The molecule has 0 bridgehead atoms. The van der Waals surface area contributed by atoms with Gasteiger partial charge in [0.25, 0.3) is 0 Å². The van der Waals surface area contributed by atoms with Crippen LogP contribution in [0, 0.1) is 6.92 Å². The summed E-state index contributed by atoms with van der Waals surface area (Å²) in [6.07, 6.45) is 1.50. The molecule has 0 atom stereocenters. The number of halogens is 1. The highest BCUT2D eigenvalue weighted by atomic mass is 35.5. The minimum Gasteiger partial charge on any atom is -0.462 e. The van der Waals surface area contributed by atoms with Gasteiger partial charge in [-0.1, -0.05) is 23.7 Å². The van der Waals surface area contributed by atoms with Crippen molar-refractivity contribution in [2.75, 3.05) is 11.9 Å². The summed E-state index contributed by atoms with van der Waals surface area (Å²) in [5, 5.41) is 4.87. The Morgan fingerprint density at radius 1 is 1.29 bits per heavy atom. The van der Waals surface area contributed by atoms with E-state index in [9.17, 15) is 4.79 Å². The van der Waals surface area contributed by atoms with Gasteiger partial charge >= 0.3 is 5.97 Å². The van der Waals surface area contributed by atoms with Crippen molar-refractivity contribution in [3.8, 4) is 0 Å². The van der Waals surface area contributed by atoms with Crippen molar-refractivity contribution in [3.05, 3.63) is 51.6 Å². The Bertz CT molecular complexity index is 877. The topological polar surface area (TPSA) is 64.1 Å². The van der Waals surface area contributed by atoms with Gasteiger partial charge in [0, 0.05) is 11.6 Å². The van der Waals surface area contributed by atoms with Crippen LogP contribution in [0.1, 0.15) is 27.7 Å². The van der Waals surface area contributed by atoms with Crippen molar-refractivity contribution in [2.45, 2.75) is 20.4 Å². The van der Waals surface area contributed by atoms with Gasteiger partial charge in [-0.3, -0.25) is 0 Å². The molecule has 0 unspecified atom stereocenters. The van der Waals surface area contributed by atoms with Gasteiger partial charge in [-0.2, -0.15) is 0 Å². The van der Waals surface area contributed by atoms with Crippen LogP contribution in [-0.4, -0.2) is 22.5 Å². The van der Waals surface area contributed by atoms with E-state index in [0.717, 1.165) is 21.3 Å².